The van der Waals surface area contributed by atoms with Crippen LogP contribution in [0, 0.1) is 0 Å². The van der Waals surface area contributed by atoms with E-state index in [-0.39, 0.29) is 30.5 Å². The van der Waals surface area contributed by atoms with E-state index < -0.39 is 11.7 Å². The largest absolute Gasteiger partial charge is 0.416 e. The lowest BCUT2D eigenvalue weighted by Crippen LogP contribution is -2.40. The Morgan fingerprint density at radius 2 is 2.11 bits per heavy atom. The average molecular weight is 294 g/mol. The first-order chi connectivity index (χ1) is 8.42. The highest BCUT2D eigenvalue weighted by molar-refractivity contribution is 5.85. The van der Waals surface area contributed by atoms with Crippen molar-refractivity contribution in [3.8, 4) is 0 Å². The second-order valence-corrected chi connectivity index (χ2v) is 5.16. The normalized spacial score (nSPS) is 29.4. The lowest BCUT2D eigenvalue weighted by Gasteiger charge is -2.38. The van der Waals surface area contributed by atoms with Crippen molar-refractivity contribution in [2.45, 2.75) is 31.2 Å². The third-order valence-corrected chi connectivity index (χ3v) is 4.00. The van der Waals surface area contributed by atoms with Gasteiger partial charge < -0.3 is 10.1 Å². The Balaban J connectivity index is 0.00000133. The summed E-state index contributed by atoms with van der Waals surface area (Å²) in [5.74, 6) is 0.00329. The number of alkyl halides is 3. The third-order valence-electron chi connectivity index (χ3n) is 4.00. The highest BCUT2D eigenvalue weighted by Gasteiger charge is 2.46. The summed E-state index contributed by atoms with van der Waals surface area (Å²) in [6.45, 7) is 3.36. The molecular weight excluding hydrogens is 279 g/mol. The van der Waals surface area contributed by atoms with Crippen molar-refractivity contribution in [3.63, 3.8) is 0 Å². The van der Waals surface area contributed by atoms with Gasteiger partial charge in [0.1, 0.15) is 0 Å². The molecule has 1 N–H and O–H groups in total. The Kier molecular flexibility index (Phi) is 3.58. The van der Waals surface area contributed by atoms with Crippen LogP contribution in [0.4, 0.5) is 13.2 Å². The number of halogens is 4. The number of fused-ring (bicyclic) bond motifs is 3. The average Bonchev–Trinajstić information content (AvgIpc) is 2.69. The molecule has 0 saturated carbocycles. The van der Waals surface area contributed by atoms with Gasteiger partial charge in [-0.3, -0.25) is 0 Å². The first-order valence-corrected chi connectivity index (χ1v) is 5.95. The molecule has 106 valence electrons. The molecule has 0 unspecified atom stereocenters. The highest BCUT2D eigenvalue weighted by Crippen LogP contribution is 2.44. The minimum Gasteiger partial charge on any atom is -0.369 e. The molecule has 0 spiro atoms. The van der Waals surface area contributed by atoms with Gasteiger partial charge in [-0.05, 0) is 24.1 Å². The summed E-state index contributed by atoms with van der Waals surface area (Å²) in [6, 6.07) is 4.42. The van der Waals surface area contributed by atoms with E-state index in [0.717, 1.165) is 11.6 Å². The van der Waals surface area contributed by atoms with Crippen molar-refractivity contribution in [2.75, 3.05) is 13.1 Å². The van der Waals surface area contributed by atoms with E-state index in [0.29, 0.717) is 18.7 Å². The van der Waals surface area contributed by atoms with Crippen LogP contribution in [0.1, 0.15) is 29.5 Å². The van der Waals surface area contributed by atoms with Gasteiger partial charge in [0.25, 0.3) is 0 Å². The van der Waals surface area contributed by atoms with Crippen LogP contribution < -0.4 is 5.32 Å². The molecule has 1 aromatic rings. The Morgan fingerprint density at radius 1 is 1.37 bits per heavy atom. The summed E-state index contributed by atoms with van der Waals surface area (Å²) >= 11 is 0. The maximum absolute atomic E-state index is 12.9. The van der Waals surface area contributed by atoms with Crippen LogP contribution in [0.5, 0.6) is 0 Å². The number of nitrogens with one attached hydrogen (secondary N) is 1. The molecule has 2 heterocycles. The van der Waals surface area contributed by atoms with Crippen LogP contribution in [-0.2, 0) is 17.5 Å². The zero-order valence-electron chi connectivity index (χ0n) is 10.4. The molecule has 3 rings (SSSR count). The lowest BCUT2D eigenvalue weighted by molar-refractivity contribution is -0.140. The number of rotatable bonds is 0. The summed E-state index contributed by atoms with van der Waals surface area (Å²) < 4.78 is 44.5. The molecule has 1 fully saturated rings. The smallest absolute Gasteiger partial charge is 0.369 e. The minimum atomic E-state index is -4.31. The maximum atomic E-state index is 12.9. The predicted molar refractivity (Wildman–Crippen MR) is 67.5 cm³/mol. The van der Waals surface area contributed by atoms with Gasteiger partial charge in [0.2, 0.25) is 0 Å². The molecule has 0 amide bonds. The van der Waals surface area contributed by atoms with E-state index in [1.165, 1.54) is 6.07 Å². The van der Waals surface area contributed by atoms with E-state index in [2.05, 4.69) is 5.32 Å². The monoisotopic (exact) mass is 293 g/mol. The number of hydrogen-bond donors (Lipinski definition) is 1. The summed E-state index contributed by atoms with van der Waals surface area (Å²) in [5, 5.41) is 3.20. The fourth-order valence-electron chi connectivity index (χ4n) is 2.99. The summed E-state index contributed by atoms with van der Waals surface area (Å²) in [6.07, 6.45) is -4.31. The summed E-state index contributed by atoms with van der Waals surface area (Å²) in [5.41, 5.74) is 0.144. The Morgan fingerprint density at radius 3 is 2.79 bits per heavy atom. The molecule has 0 radical (unpaired) electrons. The van der Waals surface area contributed by atoms with Gasteiger partial charge in [0, 0.05) is 19.0 Å². The second kappa shape index (κ2) is 4.65. The van der Waals surface area contributed by atoms with Crippen molar-refractivity contribution < 1.29 is 17.9 Å². The Bertz CT molecular complexity index is 491. The quantitative estimate of drug-likeness (QED) is 0.794. The molecular formula is C13H15ClF3NO. The molecule has 0 aliphatic carbocycles. The zero-order chi connectivity index (χ0) is 13.0. The van der Waals surface area contributed by atoms with Gasteiger partial charge in [-0.2, -0.15) is 13.2 Å². The van der Waals surface area contributed by atoms with Crippen molar-refractivity contribution in [1.29, 1.82) is 0 Å². The van der Waals surface area contributed by atoms with E-state index in [1.54, 1.807) is 6.07 Å². The molecule has 0 bridgehead atoms. The SMILES string of the molecule is C[C@@]12CNC[C@H]1c1cccc(C(F)(F)F)c1CO2.Cl. The van der Waals surface area contributed by atoms with Crippen molar-refractivity contribution in [2.24, 2.45) is 0 Å². The van der Waals surface area contributed by atoms with E-state index in [9.17, 15) is 13.2 Å². The van der Waals surface area contributed by atoms with Gasteiger partial charge in [-0.1, -0.05) is 12.1 Å². The number of ether oxygens (including phenoxy) is 1. The van der Waals surface area contributed by atoms with E-state index in [1.807, 2.05) is 6.92 Å². The maximum Gasteiger partial charge on any atom is 0.416 e. The Labute approximate surface area is 115 Å². The third kappa shape index (κ3) is 2.24. The molecule has 1 aromatic carbocycles. The van der Waals surface area contributed by atoms with Gasteiger partial charge in [0.05, 0.1) is 17.8 Å². The van der Waals surface area contributed by atoms with Gasteiger partial charge in [-0.25, -0.2) is 0 Å². The van der Waals surface area contributed by atoms with Gasteiger partial charge in [-0.15, -0.1) is 12.4 Å². The standard InChI is InChI=1S/C13H14F3NO.ClH/c1-12-7-17-5-11(12)8-3-2-4-10(13(14,15)16)9(8)6-18-12;/h2-4,11,17H,5-7H2,1H3;1H/t11-,12+;/m0./s1. The van der Waals surface area contributed by atoms with E-state index in [4.69, 9.17) is 4.74 Å². The summed E-state index contributed by atoms with van der Waals surface area (Å²) in [4.78, 5) is 0. The molecule has 2 aliphatic heterocycles. The first-order valence-electron chi connectivity index (χ1n) is 5.95. The van der Waals surface area contributed by atoms with Crippen LogP contribution >= 0.6 is 12.4 Å². The molecule has 1 saturated heterocycles. The van der Waals surface area contributed by atoms with Crippen LogP contribution in [-0.4, -0.2) is 18.7 Å². The fraction of sp³-hybridized carbons (Fsp3) is 0.538. The van der Waals surface area contributed by atoms with Crippen molar-refractivity contribution >= 4 is 12.4 Å². The molecule has 2 aliphatic rings. The number of hydrogen-bond acceptors (Lipinski definition) is 2. The summed E-state index contributed by atoms with van der Waals surface area (Å²) in [7, 11) is 0. The highest BCUT2D eigenvalue weighted by atomic mass is 35.5. The second-order valence-electron chi connectivity index (χ2n) is 5.16. The minimum absolute atomic E-state index is 0. The predicted octanol–water partition coefficient (Wildman–Crippen LogP) is 3.10. The number of benzene rings is 1. The molecule has 2 nitrogen and oxygen atoms in total. The van der Waals surface area contributed by atoms with Crippen molar-refractivity contribution in [1.82, 2.24) is 5.32 Å². The van der Waals surface area contributed by atoms with Gasteiger partial charge in [0.15, 0.2) is 0 Å². The van der Waals surface area contributed by atoms with E-state index >= 15 is 0 Å². The molecule has 0 aromatic heterocycles. The van der Waals surface area contributed by atoms with Crippen LogP contribution in [0.25, 0.3) is 0 Å². The topological polar surface area (TPSA) is 21.3 Å². The fourth-order valence-corrected chi connectivity index (χ4v) is 2.99. The zero-order valence-corrected chi connectivity index (χ0v) is 11.2. The Hall–Kier alpha value is -0.780. The lowest BCUT2D eigenvalue weighted by atomic mass is 9.80. The first kappa shape index (κ1) is 14.6. The molecule has 2 atom stereocenters. The van der Waals surface area contributed by atoms with Crippen LogP contribution in [0.2, 0.25) is 0 Å². The van der Waals surface area contributed by atoms with Crippen molar-refractivity contribution in [3.05, 3.63) is 34.9 Å². The molecule has 19 heavy (non-hydrogen) atoms. The van der Waals surface area contributed by atoms with Gasteiger partial charge >= 0.3 is 6.18 Å². The molecule has 6 heteroatoms. The van der Waals surface area contributed by atoms with Crippen LogP contribution in [0.3, 0.4) is 0 Å². The van der Waals surface area contributed by atoms with Crippen LogP contribution in [0.15, 0.2) is 18.2 Å².